The van der Waals surface area contributed by atoms with E-state index in [-0.39, 0.29) is 11.2 Å². The minimum Gasteiger partial charge on any atom is -0.466 e. The van der Waals surface area contributed by atoms with E-state index in [1.807, 2.05) is 31.2 Å². The van der Waals surface area contributed by atoms with Gasteiger partial charge in [0.1, 0.15) is 0 Å². The number of terminal acetylenes is 1. The highest BCUT2D eigenvalue weighted by molar-refractivity contribution is 6.04. The first-order valence-corrected chi connectivity index (χ1v) is 9.22. The number of methoxy groups -OCH3 is 1. The highest BCUT2D eigenvalue weighted by Gasteiger charge is 2.43. The molecule has 1 N–H and O–H groups in total. The van der Waals surface area contributed by atoms with Crippen molar-refractivity contribution in [1.29, 1.82) is 0 Å². The van der Waals surface area contributed by atoms with E-state index in [9.17, 15) is 9.59 Å². The molecule has 3 rings (SSSR count). The van der Waals surface area contributed by atoms with E-state index in [4.69, 9.17) is 11.2 Å². The summed E-state index contributed by atoms with van der Waals surface area (Å²) < 4.78 is 5.07. The molecular formula is C23H25NO3. The van der Waals surface area contributed by atoms with Crippen LogP contribution in [0.1, 0.15) is 57.1 Å². The van der Waals surface area contributed by atoms with Crippen LogP contribution in [-0.4, -0.2) is 18.9 Å². The van der Waals surface area contributed by atoms with E-state index < -0.39 is 11.9 Å². The Balaban J connectivity index is 2.22. The fourth-order valence-corrected chi connectivity index (χ4v) is 4.08. The first kappa shape index (κ1) is 19.0. The van der Waals surface area contributed by atoms with E-state index in [2.05, 4.69) is 25.1 Å². The van der Waals surface area contributed by atoms with Crippen molar-refractivity contribution in [1.82, 2.24) is 5.32 Å². The van der Waals surface area contributed by atoms with E-state index in [1.165, 1.54) is 7.11 Å². The number of rotatable bonds is 3. The molecule has 27 heavy (non-hydrogen) atoms. The van der Waals surface area contributed by atoms with Crippen LogP contribution in [-0.2, 0) is 14.3 Å². The lowest BCUT2D eigenvalue weighted by Gasteiger charge is -2.39. The lowest BCUT2D eigenvalue weighted by atomic mass is 9.68. The van der Waals surface area contributed by atoms with Gasteiger partial charge < -0.3 is 10.1 Å². The fraction of sp³-hybridized carbons (Fsp3) is 0.391. The Hall–Kier alpha value is -2.80. The minimum absolute atomic E-state index is 0.0799. The molecule has 140 valence electrons. The second kappa shape index (κ2) is 7.08. The second-order valence-electron chi connectivity index (χ2n) is 7.89. The van der Waals surface area contributed by atoms with Gasteiger partial charge in [-0.05, 0) is 36.0 Å². The monoisotopic (exact) mass is 363 g/mol. The van der Waals surface area contributed by atoms with Crippen molar-refractivity contribution in [3.8, 4) is 12.3 Å². The van der Waals surface area contributed by atoms with Crippen LogP contribution >= 0.6 is 0 Å². The predicted octanol–water partition coefficient (Wildman–Crippen LogP) is 3.84. The number of esters is 1. The third kappa shape index (κ3) is 3.42. The van der Waals surface area contributed by atoms with Crippen molar-refractivity contribution in [2.75, 3.05) is 7.11 Å². The number of allylic oxidation sites excluding steroid dienone is 3. The summed E-state index contributed by atoms with van der Waals surface area (Å²) in [5, 5.41) is 3.38. The van der Waals surface area contributed by atoms with Gasteiger partial charge in [0.2, 0.25) is 0 Å². The molecule has 0 saturated heterocycles. The van der Waals surface area contributed by atoms with Gasteiger partial charge >= 0.3 is 5.97 Å². The quantitative estimate of drug-likeness (QED) is 0.655. The van der Waals surface area contributed by atoms with Crippen molar-refractivity contribution in [2.45, 2.75) is 46.0 Å². The molecule has 4 nitrogen and oxygen atoms in total. The number of ether oxygens (including phenoxy) is 1. The van der Waals surface area contributed by atoms with Crippen LogP contribution in [0.3, 0.4) is 0 Å². The number of nitrogens with one attached hydrogen (secondary N) is 1. The lowest BCUT2D eigenvalue weighted by Crippen LogP contribution is -2.39. The lowest BCUT2D eigenvalue weighted by molar-refractivity contribution is -0.136. The van der Waals surface area contributed by atoms with E-state index in [0.29, 0.717) is 24.0 Å². The summed E-state index contributed by atoms with van der Waals surface area (Å²) in [4.78, 5) is 25.8. The SMILES string of the molecule is C#Cc1ccc(C2C3=C(CC(C)(C)CC3=O)NC(CC)=C2C(=O)OC)cc1. The van der Waals surface area contributed by atoms with Crippen LogP contribution in [0.2, 0.25) is 0 Å². The molecule has 1 aliphatic heterocycles. The van der Waals surface area contributed by atoms with Gasteiger partial charge in [0.05, 0.1) is 12.7 Å². The number of carbonyl (C=O) groups is 2. The molecule has 4 heteroatoms. The van der Waals surface area contributed by atoms with Gasteiger partial charge in [-0.2, -0.15) is 0 Å². The van der Waals surface area contributed by atoms with Gasteiger partial charge in [0.25, 0.3) is 0 Å². The highest BCUT2D eigenvalue weighted by Crippen LogP contribution is 2.47. The van der Waals surface area contributed by atoms with Crippen molar-refractivity contribution in [3.63, 3.8) is 0 Å². The van der Waals surface area contributed by atoms with Crippen molar-refractivity contribution >= 4 is 11.8 Å². The summed E-state index contributed by atoms with van der Waals surface area (Å²) in [7, 11) is 1.37. The fourth-order valence-electron chi connectivity index (χ4n) is 4.08. The zero-order valence-corrected chi connectivity index (χ0v) is 16.3. The maximum atomic E-state index is 13.1. The second-order valence-corrected chi connectivity index (χ2v) is 7.89. The maximum Gasteiger partial charge on any atom is 0.336 e. The molecule has 1 aromatic rings. The Morgan fingerprint density at radius 3 is 2.52 bits per heavy atom. The topological polar surface area (TPSA) is 55.4 Å². The zero-order chi connectivity index (χ0) is 19.8. The number of hydrogen-bond acceptors (Lipinski definition) is 4. The standard InChI is InChI=1S/C23H25NO3/c1-6-14-8-10-15(11-9-14)19-20-17(12-23(3,4)13-18(20)25)24-16(7-2)21(19)22(26)27-5/h1,8-11,19,24H,7,12-13H2,2-5H3. The Bertz CT molecular complexity index is 895. The number of benzene rings is 1. The van der Waals surface area contributed by atoms with Crippen LogP contribution in [0.25, 0.3) is 0 Å². The Morgan fingerprint density at radius 2 is 1.96 bits per heavy atom. The summed E-state index contributed by atoms with van der Waals surface area (Å²) in [6.45, 7) is 6.18. The Morgan fingerprint density at radius 1 is 1.30 bits per heavy atom. The van der Waals surface area contributed by atoms with Crippen LogP contribution in [0.4, 0.5) is 0 Å². The van der Waals surface area contributed by atoms with Crippen LogP contribution in [0, 0.1) is 17.8 Å². The van der Waals surface area contributed by atoms with E-state index in [0.717, 1.165) is 28.9 Å². The molecule has 1 unspecified atom stereocenters. The molecule has 1 heterocycles. The zero-order valence-electron chi connectivity index (χ0n) is 16.3. The van der Waals surface area contributed by atoms with E-state index in [1.54, 1.807) is 0 Å². The molecule has 0 amide bonds. The first-order chi connectivity index (χ1) is 12.8. The Kier molecular flexibility index (Phi) is 4.97. The number of dihydropyridines is 1. The average molecular weight is 363 g/mol. The van der Waals surface area contributed by atoms with Gasteiger partial charge in [-0.3, -0.25) is 4.79 Å². The third-order valence-electron chi connectivity index (χ3n) is 5.29. The number of Topliss-reactive ketones (excluding diaryl/α,β-unsaturated/α-hetero) is 1. The molecule has 2 aliphatic rings. The summed E-state index contributed by atoms with van der Waals surface area (Å²) in [5.41, 5.74) is 4.46. The van der Waals surface area contributed by atoms with Crippen LogP contribution < -0.4 is 5.32 Å². The molecular weight excluding hydrogens is 338 g/mol. The molecule has 0 spiro atoms. The molecule has 1 atom stereocenters. The number of carbonyl (C=O) groups excluding carboxylic acids is 2. The van der Waals surface area contributed by atoms with Crippen LogP contribution in [0.5, 0.6) is 0 Å². The minimum atomic E-state index is -0.431. The van der Waals surface area contributed by atoms with Crippen molar-refractivity contribution in [3.05, 3.63) is 57.9 Å². The summed E-state index contributed by atoms with van der Waals surface area (Å²) in [6.07, 6.45) is 7.35. The van der Waals surface area contributed by atoms with Gasteiger partial charge in [-0.1, -0.05) is 38.8 Å². The molecule has 0 aromatic heterocycles. The first-order valence-electron chi connectivity index (χ1n) is 9.22. The smallest absolute Gasteiger partial charge is 0.336 e. The van der Waals surface area contributed by atoms with Gasteiger partial charge in [0.15, 0.2) is 5.78 Å². The normalized spacial score (nSPS) is 21.3. The summed E-state index contributed by atoms with van der Waals surface area (Å²) in [6, 6.07) is 7.49. The molecule has 0 saturated carbocycles. The number of hydrogen-bond donors (Lipinski definition) is 1. The average Bonchev–Trinajstić information content (AvgIpc) is 2.64. The van der Waals surface area contributed by atoms with Gasteiger partial charge in [-0.25, -0.2) is 4.79 Å². The predicted molar refractivity (Wildman–Crippen MR) is 105 cm³/mol. The molecule has 0 bridgehead atoms. The number of ketones is 1. The molecule has 1 aromatic carbocycles. The summed E-state index contributed by atoms with van der Waals surface area (Å²) >= 11 is 0. The maximum absolute atomic E-state index is 13.1. The Labute approximate surface area is 160 Å². The third-order valence-corrected chi connectivity index (χ3v) is 5.29. The van der Waals surface area contributed by atoms with Gasteiger partial charge in [0, 0.05) is 34.9 Å². The van der Waals surface area contributed by atoms with Crippen molar-refractivity contribution in [2.24, 2.45) is 5.41 Å². The summed E-state index contributed by atoms with van der Waals surface area (Å²) in [5.74, 6) is 1.84. The highest BCUT2D eigenvalue weighted by atomic mass is 16.5. The molecule has 1 aliphatic carbocycles. The van der Waals surface area contributed by atoms with E-state index >= 15 is 0 Å². The largest absolute Gasteiger partial charge is 0.466 e. The van der Waals surface area contributed by atoms with Crippen molar-refractivity contribution < 1.29 is 14.3 Å². The van der Waals surface area contributed by atoms with Crippen LogP contribution in [0.15, 0.2) is 46.8 Å². The molecule has 0 radical (unpaired) electrons. The van der Waals surface area contributed by atoms with Gasteiger partial charge in [-0.15, -0.1) is 6.42 Å². The molecule has 0 fully saturated rings.